The van der Waals surface area contributed by atoms with Crippen molar-refractivity contribution in [1.29, 1.82) is 0 Å². The van der Waals surface area contributed by atoms with E-state index >= 15 is 0 Å². The molecule has 48 heavy (non-hydrogen) atoms. The predicted molar refractivity (Wildman–Crippen MR) is 197 cm³/mol. The van der Waals surface area contributed by atoms with Crippen molar-refractivity contribution in [2.24, 2.45) is 0 Å². The number of fused-ring (bicyclic) bond motifs is 10. The summed E-state index contributed by atoms with van der Waals surface area (Å²) < 4.78 is 0. The van der Waals surface area contributed by atoms with Crippen molar-refractivity contribution in [3.05, 3.63) is 192 Å². The van der Waals surface area contributed by atoms with Gasteiger partial charge in [0.2, 0.25) is 0 Å². The van der Waals surface area contributed by atoms with Gasteiger partial charge in [-0.15, -0.1) is 0 Å². The van der Waals surface area contributed by atoms with E-state index in [-0.39, 0.29) is 5.41 Å². The van der Waals surface area contributed by atoms with E-state index in [0.29, 0.717) is 0 Å². The Bertz CT molecular complexity index is 2490. The molecule has 1 aliphatic heterocycles. The zero-order valence-electron chi connectivity index (χ0n) is 26.0. The van der Waals surface area contributed by atoms with Crippen LogP contribution in [0.15, 0.2) is 180 Å². The van der Waals surface area contributed by atoms with Crippen molar-refractivity contribution >= 4 is 22.7 Å². The molecule has 0 N–H and O–H groups in total. The van der Waals surface area contributed by atoms with Gasteiger partial charge >= 0.3 is 0 Å². The Balaban J connectivity index is 1.12. The highest BCUT2D eigenvalue weighted by Gasteiger charge is 2.50. The third-order valence-corrected chi connectivity index (χ3v) is 11.1. The van der Waals surface area contributed by atoms with Gasteiger partial charge in [-0.2, -0.15) is 0 Å². The summed E-state index contributed by atoms with van der Waals surface area (Å²) in [5.41, 5.74) is 14.0. The van der Waals surface area contributed by atoms with E-state index in [4.69, 9.17) is 9.97 Å². The van der Waals surface area contributed by atoms with Crippen molar-refractivity contribution in [1.82, 2.24) is 9.97 Å². The second-order valence-corrected chi connectivity index (χ2v) is 13.6. The molecule has 3 heteroatoms. The molecule has 0 unspecified atom stereocenters. The average Bonchev–Trinajstić information content (AvgIpc) is 3.45. The molecule has 7 aromatic carbocycles. The van der Waals surface area contributed by atoms with Crippen molar-refractivity contribution in [2.45, 2.75) is 15.2 Å². The highest BCUT2D eigenvalue weighted by molar-refractivity contribution is 7.99. The van der Waals surface area contributed by atoms with Gasteiger partial charge in [0.05, 0.1) is 16.6 Å². The topological polar surface area (TPSA) is 25.8 Å². The molecule has 0 atom stereocenters. The molecule has 1 aliphatic carbocycles. The van der Waals surface area contributed by atoms with Crippen LogP contribution < -0.4 is 0 Å². The first-order chi connectivity index (χ1) is 23.8. The van der Waals surface area contributed by atoms with Crippen LogP contribution in [0, 0.1) is 0 Å². The van der Waals surface area contributed by atoms with Crippen molar-refractivity contribution < 1.29 is 0 Å². The Hall–Kier alpha value is -5.77. The van der Waals surface area contributed by atoms with E-state index in [1.165, 1.54) is 54.3 Å². The molecular weight excluding hydrogens is 601 g/mol. The van der Waals surface area contributed by atoms with E-state index in [2.05, 4.69) is 158 Å². The fourth-order valence-electron chi connectivity index (χ4n) is 7.87. The molecule has 1 spiro atoms. The van der Waals surface area contributed by atoms with Crippen LogP contribution in [0.2, 0.25) is 0 Å². The summed E-state index contributed by atoms with van der Waals surface area (Å²) in [4.78, 5) is 12.7. The van der Waals surface area contributed by atoms with E-state index < -0.39 is 0 Å². The Kier molecular flexibility index (Phi) is 6.06. The second-order valence-electron chi connectivity index (χ2n) is 12.5. The summed E-state index contributed by atoms with van der Waals surface area (Å²) >= 11 is 1.88. The lowest BCUT2D eigenvalue weighted by Gasteiger charge is -2.40. The number of hydrogen-bond acceptors (Lipinski definition) is 3. The Morgan fingerprint density at radius 2 is 0.979 bits per heavy atom. The Labute approximate surface area is 283 Å². The van der Waals surface area contributed by atoms with Crippen LogP contribution in [0.4, 0.5) is 0 Å². The maximum absolute atomic E-state index is 5.10. The highest BCUT2D eigenvalue weighted by atomic mass is 32.2. The maximum atomic E-state index is 5.10. The Morgan fingerprint density at radius 3 is 1.75 bits per heavy atom. The number of aromatic nitrogens is 2. The largest absolute Gasteiger partial charge is 0.228 e. The smallest absolute Gasteiger partial charge is 0.160 e. The van der Waals surface area contributed by atoms with Gasteiger partial charge in [-0.25, -0.2) is 9.97 Å². The van der Waals surface area contributed by atoms with E-state index in [1.807, 2.05) is 23.9 Å². The maximum Gasteiger partial charge on any atom is 0.160 e. The molecule has 8 aromatic rings. The van der Waals surface area contributed by atoms with Gasteiger partial charge in [0.1, 0.15) is 0 Å². The molecule has 0 saturated heterocycles. The van der Waals surface area contributed by atoms with Gasteiger partial charge in [-0.05, 0) is 68.8 Å². The molecular formula is C45H28N2S. The van der Waals surface area contributed by atoms with Gasteiger partial charge in [0.25, 0.3) is 0 Å². The molecule has 1 aromatic heterocycles. The van der Waals surface area contributed by atoms with Crippen molar-refractivity contribution in [3.63, 3.8) is 0 Å². The lowest BCUT2D eigenvalue weighted by Crippen LogP contribution is -2.32. The van der Waals surface area contributed by atoms with Crippen LogP contribution in [0.25, 0.3) is 55.8 Å². The number of para-hydroxylation sites is 1. The standard InChI is InChI=1S/C45H28N2S/c1-2-12-30(13-3-1)43-35-16-6-10-20-40(35)46-44(47-43)31-24-22-29(23-25-31)32-26-27-42-39(28-32)45(38-19-9-11-21-41(38)48-42)36-17-7-4-14-33(36)34-15-5-8-18-37(34)45/h1-28H. The minimum absolute atomic E-state index is 0.382. The molecule has 10 rings (SSSR count). The molecule has 0 amide bonds. The van der Waals surface area contributed by atoms with Gasteiger partial charge in [0.15, 0.2) is 5.82 Å². The monoisotopic (exact) mass is 628 g/mol. The van der Waals surface area contributed by atoms with Crippen molar-refractivity contribution in [3.8, 4) is 44.9 Å². The summed E-state index contributed by atoms with van der Waals surface area (Å²) in [7, 11) is 0. The fraction of sp³-hybridized carbons (Fsp3) is 0.0222. The molecule has 0 fully saturated rings. The van der Waals surface area contributed by atoms with E-state index in [9.17, 15) is 0 Å². The van der Waals surface area contributed by atoms with Crippen LogP contribution >= 0.6 is 11.8 Å². The fourth-order valence-corrected chi connectivity index (χ4v) is 9.04. The zero-order valence-corrected chi connectivity index (χ0v) is 26.8. The van der Waals surface area contributed by atoms with Crippen LogP contribution in [-0.2, 0) is 5.41 Å². The predicted octanol–water partition coefficient (Wildman–Crippen LogP) is 11.5. The second kappa shape index (κ2) is 10.6. The van der Waals surface area contributed by atoms with Gasteiger partial charge in [-0.3, -0.25) is 0 Å². The van der Waals surface area contributed by atoms with Crippen LogP contribution in [-0.4, -0.2) is 9.97 Å². The summed E-state index contributed by atoms with van der Waals surface area (Å²) in [5.74, 6) is 0.732. The van der Waals surface area contributed by atoms with E-state index in [1.54, 1.807) is 0 Å². The minimum Gasteiger partial charge on any atom is -0.228 e. The molecule has 224 valence electrons. The minimum atomic E-state index is -0.382. The molecule has 0 saturated carbocycles. The normalized spacial score (nSPS) is 13.5. The van der Waals surface area contributed by atoms with Crippen LogP contribution in [0.5, 0.6) is 0 Å². The lowest BCUT2D eigenvalue weighted by atomic mass is 9.67. The first-order valence-corrected chi connectivity index (χ1v) is 17.1. The molecule has 2 aliphatic rings. The van der Waals surface area contributed by atoms with Crippen molar-refractivity contribution in [2.75, 3.05) is 0 Å². The van der Waals surface area contributed by atoms with E-state index in [0.717, 1.165) is 33.5 Å². The third kappa shape index (κ3) is 3.95. The van der Waals surface area contributed by atoms with Crippen LogP contribution in [0.1, 0.15) is 22.3 Å². The lowest BCUT2D eigenvalue weighted by molar-refractivity contribution is 0.723. The summed E-state index contributed by atoms with van der Waals surface area (Å²) in [5, 5.41) is 1.06. The van der Waals surface area contributed by atoms with Crippen LogP contribution in [0.3, 0.4) is 0 Å². The quantitative estimate of drug-likeness (QED) is 0.195. The average molecular weight is 629 g/mol. The highest BCUT2D eigenvalue weighted by Crippen LogP contribution is 2.62. The molecule has 0 radical (unpaired) electrons. The molecule has 0 bridgehead atoms. The van der Waals surface area contributed by atoms with Gasteiger partial charge in [-0.1, -0.05) is 157 Å². The first-order valence-electron chi connectivity index (χ1n) is 16.3. The molecule has 2 nitrogen and oxygen atoms in total. The summed E-state index contributed by atoms with van der Waals surface area (Å²) in [6.45, 7) is 0. The Morgan fingerprint density at radius 1 is 0.396 bits per heavy atom. The zero-order chi connectivity index (χ0) is 31.7. The SMILES string of the molecule is c1ccc(-c2nc(-c3ccc(-c4ccc5c(c4)C4(c6ccccc6S5)c5ccccc5-c5ccccc54)cc3)nc3ccccc23)cc1. The number of rotatable bonds is 3. The number of nitrogens with zero attached hydrogens (tertiary/aromatic N) is 2. The number of benzene rings is 7. The summed E-state index contributed by atoms with van der Waals surface area (Å²) in [6, 6.07) is 61.3. The summed E-state index contributed by atoms with van der Waals surface area (Å²) in [6.07, 6.45) is 0. The first kappa shape index (κ1) is 27.4. The van der Waals surface area contributed by atoms with Gasteiger partial charge in [0, 0.05) is 26.3 Å². The number of hydrogen-bond donors (Lipinski definition) is 0. The third-order valence-electron chi connectivity index (χ3n) is 9.97. The van der Waals surface area contributed by atoms with Gasteiger partial charge < -0.3 is 0 Å². The molecule has 2 heterocycles.